The molecule has 2 aromatic rings. The third-order valence-corrected chi connectivity index (χ3v) is 3.49. The van der Waals surface area contributed by atoms with Gasteiger partial charge in [-0.25, -0.2) is 0 Å². The van der Waals surface area contributed by atoms with Crippen molar-refractivity contribution in [3.05, 3.63) is 63.3 Å². The van der Waals surface area contributed by atoms with Gasteiger partial charge in [0, 0.05) is 27.8 Å². The summed E-state index contributed by atoms with van der Waals surface area (Å²) in [7, 11) is 0. The first-order valence-corrected chi connectivity index (χ1v) is 6.82. The minimum atomic E-state index is 0.0679. The summed E-state index contributed by atoms with van der Waals surface area (Å²) < 4.78 is 0.952. The van der Waals surface area contributed by atoms with Gasteiger partial charge in [0.15, 0.2) is 0 Å². The average molecular weight is 327 g/mol. The molecule has 0 aliphatic heterocycles. The van der Waals surface area contributed by atoms with Crippen molar-refractivity contribution in [2.75, 3.05) is 6.61 Å². The molecule has 0 spiro atoms. The number of pyridine rings is 1. The highest BCUT2D eigenvalue weighted by Crippen LogP contribution is 2.23. The van der Waals surface area contributed by atoms with Crippen LogP contribution in [0.25, 0.3) is 0 Å². The van der Waals surface area contributed by atoms with E-state index in [1.165, 1.54) is 0 Å². The number of nitrogens with zero attached hydrogens (tertiary/aromatic N) is 1. The Kier molecular flexibility index (Phi) is 4.75. The van der Waals surface area contributed by atoms with Crippen LogP contribution in [-0.2, 0) is 6.42 Å². The number of hydrogen-bond donors (Lipinski definition) is 1. The molecular weight excluding hydrogens is 314 g/mol. The van der Waals surface area contributed by atoms with Crippen LogP contribution >= 0.6 is 27.5 Å². The molecule has 0 aliphatic rings. The van der Waals surface area contributed by atoms with Gasteiger partial charge in [0.1, 0.15) is 0 Å². The third-order valence-electron chi connectivity index (χ3n) is 2.81. The summed E-state index contributed by atoms with van der Waals surface area (Å²) in [6, 6.07) is 9.62. The van der Waals surface area contributed by atoms with Gasteiger partial charge < -0.3 is 5.11 Å². The van der Waals surface area contributed by atoms with Crippen LogP contribution in [-0.4, -0.2) is 16.7 Å². The lowest BCUT2D eigenvalue weighted by atomic mass is 9.93. The Labute approximate surface area is 120 Å². The zero-order valence-corrected chi connectivity index (χ0v) is 12.0. The lowest BCUT2D eigenvalue weighted by Crippen LogP contribution is -2.08. The molecule has 0 fully saturated rings. The summed E-state index contributed by atoms with van der Waals surface area (Å²) in [4.78, 5) is 4.13. The minimum absolute atomic E-state index is 0.0679. The highest BCUT2D eigenvalue weighted by molar-refractivity contribution is 9.10. The van der Waals surface area contributed by atoms with Crippen LogP contribution in [0.1, 0.15) is 17.0 Å². The van der Waals surface area contributed by atoms with Crippen molar-refractivity contribution in [1.29, 1.82) is 0 Å². The first-order chi connectivity index (χ1) is 8.69. The highest BCUT2D eigenvalue weighted by Gasteiger charge is 2.11. The van der Waals surface area contributed by atoms with E-state index in [-0.39, 0.29) is 12.5 Å². The van der Waals surface area contributed by atoms with E-state index in [0.717, 1.165) is 22.0 Å². The lowest BCUT2D eigenvalue weighted by molar-refractivity contribution is 0.264. The smallest absolute Gasteiger partial charge is 0.0502 e. The predicted molar refractivity (Wildman–Crippen MR) is 76.9 cm³/mol. The molecule has 0 amide bonds. The maximum atomic E-state index is 9.51. The van der Waals surface area contributed by atoms with E-state index in [2.05, 4.69) is 20.9 Å². The fourth-order valence-corrected chi connectivity index (χ4v) is 2.41. The first kappa shape index (κ1) is 13.5. The molecule has 2 rings (SSSR count). The summed E-state index contributed by atoms with van der Waals surface area (Å²) in [5.74, 6) is 0.0679. The zero-order valence-electron chi connectivity index (χ0n) is 9.68. The van der Waals surface area contributed by atoms with Crippen molar-refractivity contribution >= 4 is 27.5 Å². The Morgan fingerprint density at radius 2 is 1.94 bits per heavy atom. The Morgan fingerprint density at radius 3 is 2.56 bits per heavy atom. The van der Waals surface area contributed by atoms with Gasteiger partial charge in [-0.3, -0.25) is 4.98 Å². The Morgan fingerprint density at radius 1 is 1.22 bits per heavy atom. The standard InChI is InChI=1S/C14H13BrClNO/c15-13-6-10(7-17-8-13)5-12(9-18)11-1-3-14(16)4-2-11/h1-4,6-8,12,18H,5,9H2. The molecule has 1 atom stereocenters. The number of hydrogen-bond acceptors (Lipinski definition) is 2. The number of halogens is 2. The molecular formula is C14H13BrClNO. The predicted octanol–water partition coefficient (Wildman–Crippen LogP) is 3.82. The molecule has 1 unspecified atom stereocenters. The SMILES string of the molecule is OCC(Cc1cncc(Br)c1)c1ccc(Cl)cc1. The van der Waals surface area contributed by atoms with Gasteiger partial charge in [-0.1, -0.05) is 23.7 Å². The molecule has 0 bridgehead atoms. The van der Waals surface area contributed by atoms with E-state index in [4.69, 9.17) is 11.6 Å². The van der Waals surface area contributed by atoms with Crippen LogP contribution in [0.15, 0.2) is 47.2 Å². The van der Waals surface area contributed by atoms with Crippen LogP contribution in [0.2, 0.25) is 5.02 Å². The highest BCUT2D eigenvalue weighted by atomic mass is 79.9. The van der Waals surface area contributed by atoms with Crippen molar-refractivity contribution in [2.24, 2.45) is 0 Å². The quantitative estimate of drug-likeness (QED) is 0.926. The maximum Gasteiger partial charge on any atom is 0.0502 e. The molecule has 4 heteroatoms. The van der Waals surface area contributed by atoms with E-state index >= 15 is 0 Å². The number of aliphatic hydroxyl groups excluding tert-OH is 1. The third kappa shape index (κ3) is 3.55. The van der Waals surface area contributed by atoms with E-state index in [1.54, 1.807) is 6.20 Å². The fraction of sp³-hybridized carbons (Fsp3) is 0.214. The van der Waals surface area contributed by atoms with Gasteiger partial charge in [0.2, 0.25) is 0 Å². The van der Waals surface area contributed by atoms with Crippen molar-refractivity contribution in [3.63, 3.8) is 0 Å². The summed E-state index contributed by atoms with van der Waals surface area (Å²) >= 11 is 9.26. The molecule has 0 radical (unpaired) electrons. The van der Waals surface area contributed by atoms with Crippen molar-refractivity contribution in [2.45, 2.75) is 12.3 Å². The van der Waals surface area contributed by atoms with Crippen molar-refractivity contribution < 1.29 is 5.11 Å². The molecule has 0 saturated heterocycles. The Bertz CT molecular complexity index is 515. The molecule has 1 aromatic carbocycles. The van der Waals surface area contributed by atoms with E-state index in [9.17, 15) is 5.11 Å². The van der Waals surface area contributed by atoms with Crippen molar-refractivity contribution in [1.82, 2.24) is 4.98 Å². The molecule has 1 N–H and O–H groups in total. The molecule has 1 heterocycles. The van der Waals surface area contributed by atoms with Crippen LogP contribution < -0.4 is 0 Å². The fourth-order valence-electron chi connectivity index (χ4n) is 1.87. The second kappa shape index (κ2) is 6.32. The number of aromatic nitrogens is 1. The van der Waals surface area contributed by atoms with Crippen LogP contribution in [0.4, 0.5) is 0 Å². The van der Waals surface area contributed by atoms with Gasteiger partial charge in [-0.15, -0.1) is 0 Å². The van der Waals surface area contributed by atoms with E-state index in [0.29, 0.717) is 5.02 Å². The molecule has 2 nitrogen and oxygen atoms in total. The number of rotatable bonds is 4. The van der Waals surface area contributed by atoms with E-state index in [1.807, 2.05) is 36.5 Å². The summed E-state index contributed by atoms with van der Waals surface area (Å²) in [5.41, 5.74) is 2.18. The number of benzene rings is 1. The molecule has 0 aliphatic carbocycles. The van der Waals surface area contributed by atoms with Gasteiger partial charge in [0.05, 0.1) is 6.61 Å². The van der Waals surface area contributed by atoms with Crippen LogP contribution in [0.5, 0.6) is 0 Å². The van der Waals surface area contributed by atoms with Gasteiger partial charge in [-0.05, 0) is 51.7 Å². The Hall–Kier alpha value is -0.900. The topological polar surface area (TPSA) is 33.1 Å². The summed E-state index contributed by atoms with van der Waals surface area (Å²) in [6.07, 6.45) is 4.33. The first-order valence-electron chi connectivity index (χ1n) is 5.65. The van der Waals surface area contributed by atoms with Crippen LogP contribution in [0.3, 0.4) is 0 Å². The normalized spacial score (nSPS) is 12.4. The molecule has 1 aromatic heterocycles. The zero-order chi connectivity index (χ0) is 13.0. The molecule has 94 valence electrons. The monoisotopic (exact) mass is 325 g/mol. The lowest BCUT2D eigenvalue weighted by Gasteiger charge is -2.14. The van der Waals surface area contributed by atoms with Gasteiger partial charge in [0.25, 0.3) is 0 Å². The second-order valence-corrected chi connectivity index (χ2v) is 5.50. The van der Waals surface area contributed by atoms with E-state index < -0.39 is 0 Å². The van der Waals surface area contributed by atoms with Crippen molar-refractivity contribution in [3.8, 4) is 0 Å². The maximum absolute atomic E-state index is 9.51. The average Bonchev–Trinajstić information content (AvgIpc) is 2.37. The van der Waals surface area contributed by atoms with Gasteiger partial charge >= 0.3 is 0 Å². The summed E-state index contributed by atoms with van der Waals surface area (Å²) in [6.45, 7) is 0.105. The summed E-state index contributed by atoms with van der Waals surface area (Å²) in [5, 5.41) is 10.2. The van der Waals surface area contributed by atoms with Crippen LogP contribution in [0, 0.1) is 0 Å². The Balaban J connectivity index is 2.17. The minimum Gasteiger partial charge on any atom is -0.396 e. The molecule has 0 saturated carbocycles. The molecule has 18 heavy (non-hydrogen) atoms. The largest absolute Gasteiger partial charge is 0.396 e. The number of aliphatic hydroxyl groups is 1. The van der Waals surface area contributed by atoms with Gasteiger partial charge in [-0.2, -0.15) is 0 Å². The second-order valence-electron chi connectivity index (χ2n) is 4.15.